The normalized spacial score (nSPS) is 16.1. The van der Waals surface area contributed by atoms with Gasteiger partial charge in [-0.25, -0.2) is 28.3 Å². The summed E-state index contributed by atoms with van der Waals surface area (Å²) in [6, 6.07) is 19.0. The molecule has 2 aromatic carbocycles. The molecule has 382 valence electrons. The van der Waals surface area contributed by atoms with Crippen LogP contribution in [-0.4, -0.2) is 85.1 Å². The SMILES string of the molecule is CC.COC1COc2c(SNC(=O)Nc3c4c(cc(C)c3-c3ccn5nccc5c3)CCC4)cnn2C1.Cc1cc2c(c(NC(=O)NSc3cnc4c(c3)N(C3CC3)CCO4)c1-c1ccn3nccc3c1)CCC2. The first-order valence-corrected chi connectivity index (χ1v) is 27.1. The monoisotopic (exact) mass is 1030 g/mol. The zero-order valence-electron chi connectivity index (χ0n) is 42.2. The summed E-state index contributed by atoms with van der Waals surface area (Å²) < 4.78 is 28.3. The molecule has 1 unspecified atom stereocenters. The highest BCUT2D eigenvalue weighted by atomic mass is 32.2. The first-order valence-electron chi connectivity index (χ1n) is 25.5. The molecule has 19 heteroatoms. The van der Waals surface area contributed by atoms with Crippen molar-refractivity contribution in [1.29, 1.82) is 0 Å². The third-order valence-corrected chi connectivity index (χ3v) is 15.6. The second-order valence-corrected chi connectivity index (χ2v) is 20.6. The van der Waals surface area contributed by atoms with Gasteiger partial charge < -0.3 is 29.7 Å². The van der Waals surface area contributed by atoms with E-state index in [0.29, 0.717) is 37.6 Å². The second-order valence-electron chi connectivity index (χ2n) is 18.9. The lowest BCUT2D eigenvalue weighted by Crippen LogP contribution is -2.34. The Morgan fingerprint density at radius 1 is 0.730 bits per heavy atom. The van der Waals surface area contributed by atoms with Crippen molar-refractivity contribution in [2.45, 2.75) is 108 Å². The van der Waals surface area contributed by atoms with E-state index in [-0.39, 0.29) is 18.2 Å². The van der Waals surface area contributed by atoms with Gasteiger partial charge in [0, 0.05) is 60.2 Å². The van der Waals surface area contributed by atoms with Crippen molar-refractivity contribution in [3.63, 3.8) is 0 Å². The summed E-state index contributed by atoms with van der Waals surface area (Å²) in [6.07, 6.45) is 19.6. The molecular formula is C55H60N12O5S2. The fraction of sp³-hybridized carbons (Fsp3) is 0.345. The van der Waals surface area contributed by atoms with E-state index in [1.807, 2.05) is 53.5 Å². The van der Waals surface area contributed by atoms with Crippen LogP contribution in [0.25, 0.3) is 33.3 Å². The number of fused-ring (bicyclic) bond motifs is 6. The summed E-state index contributed by atoms with van der Waals surface area (Å²) in [6.45, 7) is 10.9. The Morgan fingerprint density at radius 3 is 1.93 bits per heavy atom. The van der Waals surface area contributed by atoms with Crippen molar-refractivity contribution >= 4 is 64.1 Å². The molecule has 0 saturated heterocycles. The van der Waals surface area contributed by atoms with Crippen LogP contribution in [0, 0.1) is 13.8 Å². The number of ether oxygens (including phenoxy) is 3. The molecule has 2 aliphatic heterocycles. The van der Waals surface area contributed by atoms with Crippen LogP contribution in [-0.2, 0) is 37.0 Å². The van der Waals surface area contributed by atoms with Crippen LogP contribution in [0.2, 0.25) is 0 Å². The van der Waals surface area contributed by atoms with Crippen molar-refractivity contribution in [3.05, 3.63) is 125 Å². The van der Waals surface area contributed by atoms with E-state index in [2.05, 4.69) is 95.5 Å². The number of carbonyl (C=O) groups is 2. The highest BCUT2D eigenvalue weighted by Crippen LogP contribution is 2.43. The predicted octanol–water partition coefficient (Wildman–Crippen LogP) is 10.6. The Hall–Kier alpha value is -7.22. The van der Waals surface area contributed by atoms with Gasteiger partial charge in [0.05, 0.1) is 41.7 Å². The number of hydrogen-bond donors (Lipinski definition) is 4. The first kappa shape index (κ1) is 49.0. The van der Waals surface area contributed by atoms with E-state index in [0.717, 1.165) is 116 Å². The fourth-order valence-electron chi connectivity index (χ4n) is 10.6. The van der Waals surface area contributed by atoms with Gasteiger partial charge in [-0.2, -0.15) is 15.3 Å². The number of rotatable bonds is 10. The largest absolute Gasteiger partial charge is 0.474 e. The number of aromatic nitrogens is 7. The summed E-state index contributed by atoms with van der Waals surface area (Å²) in [7, 11) is 1.66. The summed E-state index contributed by atoms with van der Waals surface area (Å²) in [4.78, 5) is 34.8. The maximum absolute atomic E-state index is 13.2. The predicted molar refractivity (Wildman–Crippen MR) is 291 cm³/mol. The third kappa shape index (κ3) is 9.95. The van der Waals surface area contributed by atoms with Gasteiger partial charge >= 0.3 is 12.1 Å². The molecule has 0 radical (unpaired) electrons. The minimum absolute atomic E-state index is 0.0277. The number of nitrogens with zero attached hydrogens (tertiary/aromatic N) is 8. The molecule has 1 atom stereocenters. The Kier molecular flexibility index (Phi) is 14.1. The zero-order valence-corrected chi connectivity index (χ0v) is 43.9. The lowest BCUT2D eigenvalue weighted by molar-refractivity contribution is 0.0166. The average molecular weight is 1030 g/mol. The minimum atomic E-state index is -0.285. The number of benzene rings is 2. The van der Waals surface area contributed by atoms with Crippen molar-refractivity contribution in [2.75, 3.05) is 42.4 Å². The van der Waals surface area contributed by atoms with E-state index in [1.165, 1.54) is 59.0 Å². The van der Waals surface area contributed by atoms with Gasteiger partial charge in [0.25, 0.3) is 0 Å². The van der Waals surface area contributed by atoms with E-state index < -0.39 is 0 Å². The number of aryl methyl sites for hydroxylation is 4. The number of nitrogens with one attached hydrogen (secondary N) is 4. The lowest BCUT2D eigenvalue weighted by atomic mass is 9.93. The van der Waals surface area contributed by atoms with Gasteiger partial charge in [-0.1, -0.05) is 26.0 Å². The quantitative estimate of drug-likeness (QED) is 0.0955. The van der Waals surface area contributed by atoms with Crippen LogP contribution in [0.15, 0.2) is 102 Å². The van der Waals surface area contributed by atoms with E-state index in [9.17, 15) is 9.59 Å². The molecule has 4 amide bonds. The number of methoxy groups -OCH3 is 1. The maximum Gasteiger partial charge on any atom is 0.329 e. The fourth-order valence-corrected chi connectivity index (χ4v) is 11.8. The Morgan fingerprint density at radius 2 is 1.34 bits per heavy atom. The van der Waals surface area contributed by atoms with Gasteiger partial charge in [0.1, 0.15) is 29.9 Å². The van der Waals surface area contributed by atoms with Gasteiger partial charge in [-0.05, 0) is 176 Å². The molecule has 0 spiro atoms. The Balaban J connectivity index is 0.000000154. The highest BCUT2D eigenvalue weighted by molar-refractivity contribution is 7.98. The van der Waals surface area contributed by atoms with Gasteiger partial charge in [0.2, 0.25) is 11.8 Å². The van der Waals surface area contributed by atoms with Crippen molar-refractivity contribution in [3.8, 4) is 34.0 Å². The van der Waals surface area contributed by atoms with Crippen LogP contribution in [0.3, 0.4) is 0 Å². The van der Waals surface area contributed by atoms with Crippen LogP contribution >= 0.6 is 23.9 Å². The summed E-state index contributed by atoms with van der Waals surface area (Å²) >= 11 is 2.48. The molecule has 1 saturated carbocycles. The first-order chi connectivity index (χ1) is 36.2. The molecule has 0 bridgehead atoms. The maximum atomic E-state index is 13.2. The summed E-state index contributed by atoms with van der Waals surface area (Å²) in [5.74, 6) is 1.33. The molecule has 6 aromatic heterocycles. The Labute approximate surface area is 438 Å². The number of pyridine rings is 3. The molecule has 3 aliphatic carbocycles. The van der Waals surface area contributed by atoms with Crippen LogP contribution < -0.4 is 34.5 Å². The molecule has 1 fully saturated rings. The zero-order chi connectivity index (χ0) is 50.9. The van der Waals surface area contributed by atoms with E-state index in [4.69, 9.17) is 14.2 Å². The van der Waals surface area contributed by atoms with E-state index in [1.54, 1.807) is 36.6 Å². The molecule has 13 rings (SSSR count). The number of hydrogen-bond acceptors (Lipinski definition) is 12. The molecule has 74 heavy (non-hydrogen) atoms. The number of anilines is 3. The van der Waals surface area contributed by atoms with Gasteiger partial charge in [0.15, 0.2) is 0 Å². The van der Waals surface area contributed by atoms with Crippen molar-refractivity contribution < 1.29 is 23.8 Å². The number of urea groups is 2. The second kappa shape index (κ2) is 21.3. The average Bonchev–Trinajstić information content (AvgIpc) is 3.99. The van der Waals surface area contributed by atoms with Crippen LogP contribution in [0.1, 0.15) is 72.9 Å². The van der Waals surface area contributed by atoms with E-state index >= 15 is 0 Å². The van der Waals surface area contributed by atoms with Gasteiger partial charge in [-0.3, -0.25) is 9.44 Å². The van der Waals surface area contributed by atoms with Crippen molar-refractivity contribution in [2.24, 2.45) is 0 Å². The molecule has 5 aliphatic rings. The Bertz CT molecular complexity index is 3400. The number of carbonyl (C=O) groups excluding carboxylic acids is 2. The molecule has 8 aromatic rings. The minimum Gasteiger partial charge on any atom is -0.474 e. The van der Waals surface area contributed by atoms with Crippen LogP contribution in [0.4, 0.5) is 26.7 Å². The molecule has 8 heterocycles. The number of amides is 4. The summed E-state index contributed by atoms with van der Waals surface area (Å²) in [5, 5.41) is 19.4. The molecular weight excluding hydrogens is 973 g/mol. The highest BCUT2D eigenvalue weighted by Gasteiger charge is 2.34. The third-order valence-electron chi connectivity index (χ3n) is 14.1. The lowest BCUT2D eigenvalue weighted by Gasteiger charge is -2.30. The summed E-state index contributed by atoms with van der Waals surface area (Å²) in [5.41, 5.74) is 16.5. The molecule has 4 N–H and O–H groups in total. The van der Waals surface area contributed by atoms with Crippen molar-refractivity contribution in [1.82, 2.24) is 43.4 Å². The smallest absolute Gasteiger partial charge is 0.329 e. The molecule has 17 nitrogen and oxygen atoms in total. The topological polar surface area (TPSA) is 178 Å². The van der Waals surface area contributed by atoms with Crippen LogP contribution in [0.5, 0.6) is 11.8 Å². The van der Waals surface area contributed by atoms with Gasteiger partial charge in [-0.15, -0.1) is 0 Å². The standard InChI is InChI=1S/C28H28N6O2S.C25H26N6O3S.C2H6/c1-17-13-18-3-2-4-23(18)26(25(17)19-8-10-34-21(14-19)7-9-30-34)31-28(35)32-37-22-15-24-27(29-16-22)36-12-11-33(24)20-5-6-20;1-15-10-16-4-3-5-20(16)23(22(15)17-7-9-30-18(11-17)6-8-26-30)28-25(32)29-35-21-12-27-31-13-19(33-2)14-34-24(21)31;1-2/h7-10,13-16,20H,2-6,11-12H2,1H3,(H2,31,32,35);6-12,19H,3-5,13-14H2,1-2H3,(H2,28,29,32);1-2H3.